The summed E-state index contributed by atoms with van der Waals surface area (Å²) in [7, 11) is 0. The Bertz CT molecular complexity index is 602. The Morgan fingerprint density at radius 1 is 1.22 bits per heavy atom. The van der Waals surface area contributed by atoms with Crippen LogP contribution < -0.4 is 11.1 Å². The molecule has 0 saturated heterocycles. The van der Waals surface area contributed by atoms with Gasteiger partial charge in [0.1, 0.15) is 10.8 Å². The minimum atomic E-state index is 0.284. The summed E-state index contributed by atoms with van der Waals surface area (Å²) < 4.78 is 1.94. The van der Waals surface area contributed by atoms with E-state index in [1.54, 1.807) is 6.07 Å². The summed E-state index contributed by atoms with van der Waals surface area (Å²) in [6, 6.07) is 11.4. The largest absolute Gasteiger partial charge is 0.388 e. The fourth-order valence-corrected chi connectivity index (χ4v) is 2.19. The number of hydrogen-bond acceptors (Lipinski definition) is 3. The van der Waals surface area contributed by atoms with Gasteiger partial charge in [-0.3, -0.25) is 0 Å². The molecule has 1 aromatic carbocycles. The van der Waals surface area contributed by atoms with Gasteiger partial charge in [0.05, 0.1) is 11.4 Å². The second-order valence-electron chi connectivity index (χ2n) is 3.52. The van der Waals surface area contributed by atoms with Crippen molar-refractivity contribution >= 4 is 60.6 Å². The zero-order chi connectivity index (χ0) is 13.1. The van der Waals surface area contributed by atoms with Crippen LogP contribution in [0.1, 0.15) is 5.69 Å². The predicted octanol–water partition coefficient (Wildman–Crippen LogP) is 3.98. The molecule has 92 valence electrons. The van der Waals surface area contributed by atoms with Crippen molar-refractivity contribution in [1.29, 1.82) is 0 Å². The molecule has 0 bridgehead atoms. The molecule has 1 aromatic heterocycles. The van der Waals surface area contributed by atoms with Crippen LogP contribution in [0.2, 0.25) is 0 Å². The molecule has 3 nitrogen and oxygen atoms in total. The highest BCUT2D eigenvalue weighted by molar-refractivity contribution is 9.11. The van der Waals surface area contributed by atoms with Crippen molar-refractivity contribution in [2.24, 2.45) is 5.73 Å². The van der Waals surface area contributed by atoms with E-state index in [9.17, 15) is 0 Å². The molecule has 0 radical (unpaired) electrons. The molecule has 1 heterocycles. The van der Waals surface area contributed by atoms with E-state index in [0.29, 0.717) is 11.5 Å². The van der Waals surface area contributed by atoms with Crippen molar-refractivity contribution in [2.75, 3.05) is 5.32 Å². The van der Waals surface area contributed by atoms with Gasteiger partial charge in [0.2, 0.25) is 0 Å². The second kappa shape index (κ2) is 5.77. The number of pyridine rings is 1. The summed E-state index contributed by atoms with van der Waals surface area (Å²) in [4.78, 5) is 4.61. The first-order valence-corrected chi connectivity index (χ1v) is 7.04. The number of anilines is 2. The average Bonchev–Trinajstić information content (AvgIpc) is 2.34. The molecule has 0 aliphatic heterocycles. The normalized spacial score (nSPS) is 10.1. The number of halogens is 2. The summed E-state index contributed by atoms with van der Waals surface area (Å²) in [5.41, 5.74) is 7.07. The first-order valence-electron chi connectivity index (χ1n) is 5.05. The Balaban J connectivity index is 2.31. The lowest BCUT2D eigenvalue weighted by molar-refractivity contribution is 1.27. The minimum Gasteiger partial charge on any atom is -0.388 e. The van der Waals surface area contributed by atoms with Crippen LogP contribution in [0.4, 0.5) is 11.5 Å². The molecule has 2 aromatic rings. The first-order chi connectivity index (χ1) is 8.56. The topological polar surface area (TPSA) is 50.9 Å². The monoisotopic (exact) mass is 385 g/mol. The van der Waals surface area contributed by atoms with E-state index in [0.717, 1.165) is 14.6 Å². The Morgan fingerprint density at radius 2 is 2.00 bits per heavy atom. The van der Waals surface area contributed by atoms with E-state index in [4.69, 9.17) is 18.0 Å². The zero-order valence-corrected chi connectivity index (χ0v) is 13.1. The van der Waals surface area contributed by atoms with Gasteiger partial charge >= 0.3 is 0 Å². The van der Waals surface area contributed by atoms with Crippen LogP contribution >= 0.6 is 44.1 Å². The number of rotatable bonds is 3. The van der Waals surface area contributed by atoms with Gasteiger partial charge in [0.15, 0.2) is 0 Å². The third kappa shape index (κ3) is 3.28. The summed E-state index contributed by atoms with van der Waals surface area (Å²) in [6.07, 6.45) is 0. The van der Waals surface area contributed by atoms with E-state index >= 15 is 0 Å². The van der Waals surface area contributed by atoms with Gasteiger partial charge in [-0.2, -0.15) is 0 Å². The number of aromatic nitrogens is 1. The van der Waals surface area contributed by atoms with Crippen molar-refractivity contribution in [3.63, 3.8) is 0 Å². The molecule has 0 spiro atoms. The van der Waals surface area contributed by atoms with E-state index in [-0.39, 0.29) is 4.99 Å². The standard InChI is InChI=1S/C12H9Br2N3S/c13-7-4-5-8(14)10(6-7)17-11-3-1-2-9(16-11)12(15)18/h1-6H,(H2,15,18)(H,16,17). The lowest BCUT2D eigenvalue weighted by atomic mass is 10.3. The molecule has 2 rings (SSSR count). The van der Waals surface area contributed by atoms with E-state index < -0.39 is 0 Å². The molecule has 18 heavy (non-hydrogen) atoms. The van der Waals surface area contributed by atoms with Crippen molar-refractivity contribution in [3.8, 4) is 0 Å². The summed E-state index contributed by atoms with van der Waals surface area (Å²) in [5, 5.41) is 3.21. The summed E-state index contributed by atoms with van der Waals surface area (Å²) in [6.45, 7) is 0. The maximum atomic E-state index is 5.55. The number of nitrogens with zero attached hydrogens (tertiary/aromatic N) is 1. The fraction of sp³-hybridized carbons (Fsp3) is 0. The molecule has 6 heteroatoms. The average molecular weight is 387 g/mol. The van der Waals surface area contributed by atoms with Crippen molar-refractivity contribution < 1.29 is 0 Å². The van der Waals surface area contributed by atoms with Crippen molar-refractivity contribution in [1.82, 2.24) is 4.98 Å². The summed E-state index contributed by atoms with van der Waals surface area (Å²) in [5.74, 6) is 0.694. The predicted molar refractivity (Wildman–Crippen MR) is 85.2 cm³/mol. The van der Waals surface area contributed by atoms with Crippen LogP contribution in [0, 0.1) is 0 Å². The number of hydrogen-bond donors (Lipinski definition) is 2. The van der Waals surface area contributed by atoms with Crippen LogP contribution in [-0.2, 0) is 0 Å². The molecule has 0 aliphatic carbocycles. The zero-order valence-electron chi connectivity index (χ0n) is 9.15. The third-order valence-electron chi connectivity index (χ3n) is 2.19. The maximum Gasteiger partial charge on any atom is 0.131 e. The molecule has 0 amide bonds. The molecular formula is C12H9Br2N3S. The lowest BCUT2D eigenvalue weighted by Gasteiger charge is -2.09. The second-order valence-corrected chi connectivity index (χ2v) is 5.73. The Labute approximate surface area is 127 Å². The highest BCUT2D eigenvalue weighted by Crippen LogP contribution is 2.28. The number of benzene rings is 1. The molecule has 0 unspecified atom stereocenters. The maximum absolute atomic E-state index is 5.55. The van der Waals surface area contributed by atoms with Crippen LogP contribution in [0.15, 0.2) is 45.3 Å². The van der Waals surface area contributed by atoms with Gasteiger partial charge in [-0.25, -0.2) is 4.98 Å². The molecular weight excluding hydrogens is 378 g/mol. The molecule has 0 aliphatic rings. The lowest BCUT2D eigenvalue weighted by Crippen LogP contribution is -2.12. The minimum absolute atomic E-state index is 0.284. The van der Waals surface area contributed by atoms with E-state index in [2.05, 4.69) is 42.2 Å². The van der Waals surface area contributed by atoms with Crippen molar-refractivity contribution in [3.05, 3.63) is 51.0 Å². The first kappa shape index (κ1) is 13.5. The Morgan fingerprint density at radius 3 is 2.72 bits per heavy atom. The molecule has 0 saturated carbocycles. The molecule has 3 N–H and O–H groups in total. The molecule has 0 atom stereocenters. The Hall–Kier alpha value is -0.980. The van der Waals surface area contributed by atoms with Crippen LogP contribution in [-0.4, -0.2) is 9.97 Å². The Kier molecular flexibility index (Phi) is 4.31. The van der Waals surface area contributed by atoms with Crippen LogP contribution in [0.3, 0.4) is 0 Å². The van der Waals surface area contributed by atoms with E-state index in [1.165, 1.54) is 0 Å². The fourth-order valence-electron chi connectivity index (χ4n) is 1.37. The van der Waals surface area contributed by atoms with Crippen LogP contribution in [0.25, 0.3) is 0 Å². The van der Waals surface area contributed by atoms with Gasteiger partial charge in [-0.15, -0.1) is 0 Å². The van der Waals surface area contributed by atoms with E-state index in [1.807, 2.05) is 30.3 Å². The van der Waals surface area contributed by atoms with Gasteiger partial charge in [-0.05, 0) is 46.3 Å². The highest BCUT2D eigenvalue weighted by atomic mass is 79.9. The number of nitrogens with one attached hydrogen (secondary N) is 1. The SMILES string of the molecule is NC(=S)c1cccc(Nc2cc(Br)ccc2Br)n1. The quantitative estimate of drug-likeness (QED) is 0.783. The highest BCUT2D eigenvalue weighted by Gasteiger charge is 2.04. The van der Waals surface area contributed by atoms with Crippen molar-refractivity contribution in [2.45, 2.75) is 0 Å². The number of nitrogens with two attached hydrogens (primary N) is 1. The van der Waals surface area contributed by atoms with Gasteiger partial charge in [0, 0.05) is 8.95 Å². The van der Waals surface area contributed by atoms with Gasteiger partial charge in [-0.1, -0.05) is 34.2 Å². The van der Waals surface area contributed by atoms with Gasteiger partial charge in [0.25, 0.3) is 0 Å². The van der Waals surface area contributed by atoms with Gasteiger partial charge < -0.3 is 11.1 Å². The smallest absolute Gasteiger partial charge is 0.131 e. The summed E-state index contributed by atoms with van der Waals surface area (Å²) >= 11 is 11.8. The van der Waals surface area contributed by atoms with Crippen LogP contribution in [0.5, 0.6) is 0 Å². The molecule has 0 fully saturated rings. The third-order valence-corrected chi connectivity index (χ3v) is 3.59. The number of thiocarbonyl (C=S) groups is 1.